The molecule has 1 saturated heterocycles. The molecule has 2 heterocycles. The van der Waals surface area contributed by atoms with Gasteiger partial charge in [0.2, 0.25) is 5.88 Å². The average molecular weight is 263 g/mol. The minimum atomic E-state index is 0.476. The Hall–Kier alpha value is -1.13. The van der Waals surface area contributed by atoms with Crippen LogP contribution < -0.4 is 10.1 Å². The Morgan fingerprint density at radius 1 is 1.47 bits per heavy atom. The van der Waals surface area contributed by atoms with Gasteiger partial charge in [0.15, 0.2) is 0 Å². The molecule has 1 aromatic rings. The lowest BCUT2D eigenvalue weighted by atomic mass is 9.85. The van der Waals surface area contributed by atoms with Crippen molar-refractivity contribution in [2.45, 2.75) is 25.8 Å². The van der Waals surface area contributed by atoms with E-state index in [0.717, 1.165) is 13.1 Å². The highest BCUT2D eigenvalue weighted by Crippen LogP contribution is 2.35. The lowest BCUT2D eigenvalue weighted by molar-refractivity contribution is 0.0979. The number of ether oxygens (including phenoxy) is 1. The summed E-state index contributed by atoms with van der Waals surface area (Å²) in [6, 6.07) is 4.60. The van der Waals surface area contributed by atoms with Crippen LogP contribution in [0.2, 0.25) is 0 Å². The zero-order valence-electron chi connectivity index (χ0n) is 12.2. The molecule has 2 unspecified atom stereocenters. The standard InChI is InChI=1S/C15H25N3O/c1-4-18-9-5-6-12(10-16-2)15(18)13-7-8-14(19-3)17-11-13/h7-8,11-12,15-16H,4-6,9-10H2,1-3H3. The highest BCUT2D eigenvalue weighted by molar-refractivity contribution is 5.22. The molecule has 0 spiro atoms. The summed E-state index contributed by atoms with van der Waals surface area (Å²) < 4.78 is 5.15. The van der Waals surface area contributed by atoms with Gasteiger partial charge in [0, 0.05) is 18.3 Å². The van der Waals surface area contributed by atoms with Gasteiger partial charge in [0.05, 0.1) is 7.11 Å². The molecule has 0 aliphatic carbocycles. The van der Waals surface area contributed by atoms with E-state index in [2.05, 4.69) is 28.2 Å². The van der Waals surface area contributed by atoms with Crippen LogP contribution >= 0.6 is 0 Å². The van der Waals surface area contributed by atoms with Crippen molar-refractivity contribution in [1.29, 1.82) is 0 Å². The zero-order valence-corrected chi connectivity index (χ0v) is 12.2. The van der Waals surface area contributed by atoms with Crippen molar-refractivity contribution in [3.8, 4) is 5.88 Å². The van der Waals surface area contributed by atoms with Gasteiger partial charge in [-0.3, -0.25) is 4.90 Å². The van der Waals surface area contributed by atoms with Gasteiger partial charge in [0.25, 0.3) is 0 Å². The number of aromatic nitrogens is 1. The maximum atomic E-state index is 5.15. The molecule has 0 radical (unpaired) electrons. The maximum absolute atomic E-state index is 5.15. The van der Waals surface area contributed by atoms with Crippen LogP contribution in [-0.4, -0.2) is 43.7 Å². The molecule has 2 rings (SSSR count). The molecule has 0 bridgehead atoms. The van der Waals surface area contributed by atoms with Gasteiger partial charge in [0.1, 0.15) is 0 Å². The number of rotatable bonds is 5. The van der Waals surface area contributed by atoms with Crippen LogP contribution in [0.5, 0.6) is 5.88 Å². The molecular formula is C15H25N3O. The van der Waals surface area contributed by atoms with Crippen molar-refractivity contribution in [1.82, 2.24) is 15.2 Å². The summed E-state index contributed by atoms with van der Waals surface area (Å²) in [5.74, 6) is 1.35. The van der Waals surface area contributed by atoms with E-state index in [4.69, 9.17) is 4.74 Å². The third kappa shape index (κ3) is 3.25. The molecule has 1 aliphatic rings. The maximum Gasteiger partial charge on any atom is 0.212 e. The Labute approximate surface area is 116 Å². The largest absolute Gasteiger partial charge is 0.481 e. The topological polar surface area (TPSA) is 37.4 Å². The number of pyridine rings is 1. The second-order valence-electron chi connectivity index (χ2n) is 5.17. The first kappa shape index (κ1) is 14.3. The Bertz CT molecular complexity index is 377. The van der Waals surface area contributed by atoms with Crippen molar-refractivity contribution in [3.63, 3.8) is 0 Å². The fraction of sp³-hybridized carbons (Fsp3) is 0.667. The molecule has 0 amide bonds. The summed E-state index contributed by atoms with van der Waals surface area (Å²) in [4.78, 5) is 6.93. The van der Waals surface area contributed by atoms with E-state index in [-0.39, 0.29) is 0 Å². The molecule has 1 aliphatic heterocycles. The third-order valence-corrected chi connectivity index (χ3v) is 4.04. The minimum Gasteiger partial charge on any atom is -0.481 e. The van der Waals surface area contributed by atoms with Gasteiger partial charge >= 0.3 is 0 Å². The Morgan fingerprint density at radius 2 is 2.32 bits per heavy atom. The molecule has 4 nitrogen and oxygen atoms in total. The minimum absolute atomic E-state index is 0.476. The van der Waals surface area contributed by atoms with Gasteiger partial charge in [-0.2, -0.15) is 0 Å². The number of methoxy groups -OCH3 is 1. The number of nitrogens with one attached hydrogen (secondary N) is 1. The second kappa shape index (κ2) is 6.87. The van der Waals surface area contributed by atoms with Crippen LogP contribution in [0.25, 0.3) is 0 Å². The molecule has 4 heteroatoms. The monoisotopic (exact) mass is 263 g/mol. The van der Waals surface area contributed by atoms with Crippen LogP contribution in [0, 0.1) is 5.92 Å². The lowest BCUT2D eigenvalue weighted by Crippen LogP contribution is -2.42. The van der Waals surface area contributed by atoms with Crippen LogP contribution in [0.15, 0.2) is 18.3 Å². The van der Waals surface area contributed by atoms with Crippen molar-refractivity contribution >= 4 is 0 Å². The van der Waals surface area contributed by atoms with Crippen LogP contribution in [-0.2, 0) is 0 Å². The van der Waals surface area contributed by atoms with Crippen molar-refractivity contribution in [2.24, 2.45) is 5.92 Å². The molecule has 2 atom stereocenters. The van der Waals surface area contributed by atoms with Crippen molar-refractivity contribution in [2.75, 3.05) is 33.8 Å². The number of piperidine rings is 1. The van der Waals surface area contributed by atoms with E-state index in [0.29, 0.717) is 17.8 Å². The Balaban J connectivity index is 2.22. The first-order valence-electron chi connectivity index (χ1n) is 7.18. The Morgan fingerprint density at radius 3 is 2.89 bits per heavy atom. The zero-order chi connectivity index (χ0) is 13.7. The van der Waals surface area contributed by atoms with Crippen molar-refractivity contribution in [3.05, 3.63) is 23.9 Å². The first-order valence-corrected chi connectivity index (χ1v) is 7.18. The summed E-state index contributed by atoms with van der Waals surface area (Å²) in [5.41, 5.74) is 1.31. The molecule has 19 heavy (non-hydrogen) atoms. The highest BCUT2D eigenvalue weighted by Gasteiger charge is 2.31. The van der Waals surface area contributed by atoms with Gasteiger partial charge < -0.3 is 10.1 Å². The molecule has 106 valence electrons. The quantitative estimate of drug-likeness (QED) is 0.882. The smallest absolute Gasteiger partial charge is 0.212 e. The van der Waals surface area contributed by atoms with Crippen LogP contribution in [0.4, 0.5) is 0 Å². The summed E-state index contributed by atoms with van der Waals surface area (Å²) >= 11 is 0. The molecule has 1 fully saturated rings. The summed E-state index contributed by atoms with van der Waals surface area (Å²) in [5, 5.41) is 3.33. The fourth-order valence-corrected chi connectivity index (χ4v) is 3.15. The van der Waals surface area contributed by atoms with Gasteiger partial charge in [-0.05, 0) is 51.0 Å². The second-order valence-corrected chi connectivity index (χ2v) is 5.17. The van der Waals surface area contributed by atoms with Crippen LogP contribution in [0.1, 0.15) is 31.4 Å². The summed E-state index contributed by atoms with van der Waals surface area (Å²) in [6.45, 7) is 5.59. The van der Waals surface area contributed by atoms with Gasteiger partial charge in [-0.25, -0.2) is 4.98 Å². The number of hydrogen-bond acceptors (Lipinski definition) is 4. The fourth-order valence-electron chi connectivity index (χ4n) is 3.15. The lowest BCUT2D eigenvalue weighted by Gasteiger charge is -2.41. The molecule has 1 aromatic heterocycles. The predicted octanol–water partition coefficient (Wildman–Crippen LogP) is 2.08. The van der Waals surface area contributed by atoms with E-state index in [1.807, 2.05) is 19.3 Å². The SMILES string of the molecule is CCN1CCCC(CNC)C1c1ccc(OC)nc1. The molecule has 0 aromatic carbocycles. The number of likely N-dealkylation sites (tertiary alicyclic amines) is 1. The first-order chi connectivity index (χ1) is 9.30. The van der Waals surface area contributed by atoms with Gasteiger partial charge in [-0.15, -0.1) is 0 Å². The third-order valence-electron chi connectivity index (χ3n) is 4.04. The summed E-state index contributed by atoms with van der Waals surface area (Å²) in [7, 11) is 3.69. The highest BCUT2D eigenvalue weighted by atomic mass is 16.5. The predicted molar refractivity (Wildman–Crippen MR) is 77.4 cm³/mol. The van der Waals surface area contributed by atoms with E-state index in [9.17, 15) is 0 Å². The number of hydrogen-bond donors (Lipinski definition) is 1. The average Bonchev–Trinajstić information content (AvgIpc) is 2.47. The molecule has 1 N–H and O–H groups in total. The summed E-state index contributed by atoms with van der Waals surface area (Å²) in [6.07, 6.45) is 4.55. The van der Waals surface area contributed by atoms with Crippen LogP contribution in [0.3, 0.4) is 0 Å². The molecular weight excluding hydrogens is 238 g/mol. The van der Waals surface area contributed by atoms with E-state index < -0.39 is 0 Å². The van der Waals surface area contributed by atoms with E-state index in [1.54, 1.807) is 7.11 Å². The number of nitrogens with zero attached hydrogens (tertiary/aromatic N) is 2. The Kier molecular flexibility index (Phi) is 5.16. The van der Waals surface area contributed by atoms with E-state index >= 15 is 0 Å². The normalized spacial score (nSPS) is 24.4. The van der Waals surface area contributed by atoms with Gasteiger partial charge in [-0.1, -0.05) is 13.0 Å². The molecule has 0 saturated carbocycles. The van der Waals surface area contributed by atoms with E-state index in [1.165, 1.54) is 24.9 Å². The van der Waals surface area contributed by atoms with Crippen molar-refractivity contribution < 1.29 is 4.74 Å².